The molecule has 0 aliphatic carbocycles. The standard InChI is InChI=1S/C15H18FNO3/c16-13-11-12(4-6-15(18)19)3-5-14(13)20-10-9-17-7-1-2-8-17/h3-6,11H,1-2,7-10H2,(H,18,19)/b6-4+. The third-order valence-electron chi connectivity index (χ3n) is 3.24. The maximum atomic E-state index is 13.8. The molecule has 1 heterocycles. The van der Waals surface area contributed by atoms with Crippen LogP contribution in [0, 0.1) is 5.82 Å². The average Bonchev–Trinajstić information content (AvgIpc) is 2.92. The van der Waals surface area contributed by atoms with Gasteiger partial charge in [0.15, 0.2) is 11.6 Å². The van der Waals surface area contributed by atoms with Gasteiger partial charge in [-0.05, 0) is 49.7 Å². The largest absolute Gasteiger partial charge is 0.489 e. The number of benzene rings is 1. The summed E-state index contributed by atoms with van der Waals surface area (Å²) in [5, 5.41) is 8.51. The molecule has 1 aromatic carbocycles. The Morgan fingerprint density at radius 3 is 2.80 bits per heavy atom. The number of nitrogens with zero attached hydrogens (tertiary/aromatic N) is 1. The summed E-state index contributed by atoms with van der Waals surface area (Å²) in [5.74, 6) is -1.33. The number of likely N-dealkylation sites (tertiary alicyclic amines) is 1. The summed E-state index contributed by atoms with van der Waals surface area (Å²) in [6.45, 7) is 3.44. The van der Waals surface area contributed by atoms with Crippen LogP contribution >= 0.6 is 0 Å². The number of halogens is 1. The number of rotatable bonds is 6. The first-order valence-corrected chi connectivity index (χ1v) is 6.71. The van der Waals surface area contributed by atoms with Crippen molar-refractivity contribution in [3.05, 3.63) is 35.7 Å². The molecule has 5 heteroatoms. The maximum absolute atomic E-state index is 13.8. The van der Waals surface area contributed by atoms with Crippen LogP contribution in [-0.2, 0) is 4.79 Å². The van der Waals surface area contributed by atoms with Gasteiger partial charge < -0.3 is 9.84 Å². The minimum absolute atomic E-state index is 0.205. The second kappa shape index (κ2) is 7.05. The van der Waals surface area contributed by atoms with E-state index < -0.39 is 11.8 Å². The van der Waals surface area contributed by atoms with Gasteiger partial charge in [0.2, 0.25) is 0 Å². The highest BCUT2D eigenvalue weighted by Gasteiger charge is 2.11. The first kappa shape index (κ1) is 14.5. The van der Waals surface area contributed by atoms with Crippen LogP contribution < -0.4 is 4.74 Å². The minimum Gasteiger partial charge on any atom is -0.489 e. The maximum Gasteiger partial charge on any atom is 0.328 e. The van der Waals surface area contributed by atoms with Crippen molar-refractivity contribution in [3.8, 4) is 5.75 Å². The molecule has 0 bridgehead atoms. The Labute approximate surface area is 117 Å². The molecule has 20 heavy (non-hydrogen) atoms. The Morgan fingerprint density at radius 2 is 2.15 bits per heavy atom. The fraction of sp³-hybridized carbons (Fsp3) is 0.400. The summed E-state index contributed by atoms with van der Waals surface area (Å²) >= 11 is 0. The third kappa shape index (κ3) is 4.35. The molecule has 0 aromatic heterocycles. The summed E-state index contributed by atoms with van der Waals surface area (Å²) in [6.07, 6.45) is 4.76. The number of hydrogen-bond donors (Lipinski definition) is 1. The van der Waals surface area contributed by atoms with Crippen LogP contribution in [0.4, 0.5) is 4.39 Å². The van der Waals surface area contributed by atoms with Crippen LogP contribution in [0.25, 0.3) is 6.08 Å². The predicted molar refractivity (Wildman–Crippen MR) is 74.2 cm³/mol. The Bertz CT molecular complexity index is 496. The molecule has 0 radical (unpaired) electrons. The molecule has 0 amide bonds. The lowest BCUT2D eigenvalue weighted by Crippen LogP contribution is -2.25. The highest BCUT2D eigenvalue weighted by molar-refractivity contribution is 5.85. The Kier molecular flexibility index (Phi) is 5.12. The molecule has 2 rings (SSSR count). The van der Waals surface area contributed by atoms with Crippen LogP contribution in [0.2, 0.25) is 0 Å². The summed E-state index contributed by atoms with van der Waals surface area (Å²) in [7, 11) is 0. The lowest BCUT2D eigenvalue weighted by molar-refractivity contribution is -0.131. The van der Waals surface area contributed by atoms with Gasteiger partial charge in [0.1, 0.15) is 6.61 Å². The molecule has 1 fully saturated rings. The van der Waals surface area contributed by atoms with E-state index in [1.165, 1.54) is 31.1 Å². The van der Waals surface area contributed by atoms with Crippen LogP contribution in [0.1, 0.15) is 18.4 Å². The van der Waals surface area contributed by atoms with Crippen LogP contribution in [0.3, 0.4) is 0 Å². The molecule has 0 unspecified atom stereocenters. The Hall–Kier alpha value is -1.88. The molecule has 0 spiro atoms. The molecule has 1 saturated heterocycles. The molecule has 0 atom stereocenters. The predicted octanol–water partition coefficient (Wildman–Crippen LogP) is 2.40. The fourth-order valence-electron chi connectivity index (χ4n) is 2.20. The molecule has 0 saturated carbocycles. The first-order valence-electron chi connectivity index (χ1n) is 6.71. The monoisotopic (exact) mass is 279 g/mol. The second-order valence-electron chi connectivity index (χ2n) is 4.76. The van der Waals surface area contributed by atoms with Gasteiger partial charge in [-0.2, -0.15) is 0 Å². The quantitative estimate of drug-likeness (QED) is 0.812. The number of ether oxygens (including phenoxy) is 1. The molecular formula is C15H18FNO3. The van der Waals surface area contributed by atoms with Crippen molar-refractivity contribution in [2.24, 2.45) is 0 Å². The molecule has 1 aromatic rings. The first-order chi connectivity index (χ1) is 9.65. The molecule has 4 nitrogen and oxygen atoms in total. The van der Waals surface area contributed by atoms with E-state index in [1.807, 2.05) is 0 Å². The number of hydrogen-bond acceptors (Lipinski definition) is 3. The molecule has 108 valence electrons. The van der Waals surface area contributed by atoms with Gasteiger partial charge >= 0.3 is 5.97 Å². The molecule has 1 N–H and O–H groups in total. The average molecular weight is 279 g/mol. The number of carboxylic acids is 1. The van der Waals surface area contributed by atoms with Crippen molar-refractivity contribution >= 4 is 12.0 Å². The number of carboxylic acid groups (broad SMARTS) is 1. The van der Waals surface area contributed by atoms with Crippen molar-refractivity contribution < 1.29 is 19.0 Å². The SMILES string of the molecule is O=C(O)/C=C/c1ccc(OCCN2CCCC2)c(F)c1. The highest BCUT2D eigenvalue weighted by atomic mass is 19.1. The van der Waals surface area contributed by atoms with E-state index >= 15 is 0 Å². The van der Waals surface area contributed by atoms with Crippen LogP contribution in [0.5, 0.6) is 5.75 Å². The smallest absolute Gasteiger partial charge is 0.328 e. The summed E-state index contributed by atoms with van der Waals surface area (Å²) in [5.41, 5.74) is 0.497. The van der Waals surface area contributed by atoms with Gasteiger partial charge in [0, 0.05) is 12.6 Å². The van der Waals surface area contributed by atoms with E-state index in [0.717, 1.165) is 25.7 Å². The zero-order chi connectivity index (χ0) is 14.4. The van der Waals surface area contributed by atoms with Crippen molar-refractivity contribution in [1.29, 1.82) is 0 Å². The van der Waals surface area contributed by atoms with Gasteiger partial charge in [0.25, 0.3) is 0 Å². The van der Waals surface area contributed by atoms with E-state index in [9.17, 15) is 9.18 Å². The lowest BCUT2D eigenvalue weighted by Gasteiger charge is -2.15. The summed E-state index contributed by atoms with van der Waals surface area (Å²) in [4.78, 5) is 12.7. The van der Waals surface area contributed by atoms with Gasteiger partial charge in [0.05, 0.1) is 0 Å². The molecule has 1 aliphatic rings. The number of carbonyl (C=O) groups is 1. The number of aliphatic carboxylic acids is 1. The molecule has 1 aliphatic heterocycles. The van der Waals surface area contributed by atoms with E-state index in [1.54, 1.807) is 6.07 Å². The second-order valence-corrected chi connectivity index (χ2v) is 4.76. The Morgan fingerprint density at radius 1 is 1.40 bits per heavy atom. The van der Waals surface area contributed by atoms with Crippen LogP contribution in [-0.4, -0.2) is 42.2 Å². The highest BCUT2D eigenvalue weighted by Crippen LogP contribution is 2.19. The van der Waals surface area contributed by atoms with Crippen molar-refractivity contribution in [2.75, 3.05) is 26.2 Å². The van der Waals surface area contributed by atoms with E-state index in [0.29, 0.717) is 12.2 Å². The third-order valence-corrected chi connectivity index (χ3v) is 3.24. The Balaban J connectivity index is 1.86. The van der Waals surface area contributed by atoms with Crippen molar-refractivity contribution in [2.45, 2.75) is 12.8 Å². The molecular weight excluding hydrogens is 261 g/mol. The fourth-order valence-corrected chi connectivity index (χ4v) is 2.20. The van der Waals surface area contributed by atoms with E-state index in [-0.39, 0.29) is 5.75 Å². The van der Waals surface area contributed by atoms with Gasteiger partial charge in [-0.25, -0.2) is 9.18 Å². The topological polar surface area (TPSA) is 49.8 Å². The van der Waals surface area contributed by atoms with Crippen molar-refractivity contribution in [3.63, 3.8) is 0 Å². The van der Waals surface area contributed by atoms with Gasteiger partial charge in [-0.15, -0.1) is 0 Å². The summed E-state index contributed by atoms with van der Waals surface area (Å²) in [6, 6.07) is 4.43. The normalized spacial score (nSPS) is 15.8. The van der Waals surface area contributed by atoms with E-state index in [2.05, 4.69) is 4.90 Å². The van der Waals surface area contributed by atoms with Gasteiger partial charge in [-0.3, -0.25) is 4.90 Å². The van der Waals surface area contributed by atoms with E-state index in [4.69, 9.17) is 9.84 Å². The summed E-state index contributed by atoms with van der Waals surface area (Å²) < 4.78 is 19.2. The lowest BCUT2D eigenvalue weighted by atomic mass is 10.2. The van der Waals surface area contributed by atoms with Gasteiger partial charge in [-0.1, -0.05) is 6.07 Å². The van der Waals surface area contributed by atoms with Crippen molar-refractivity contribution in [1.82, 2.24) is 4.90 Å². The minimum atomic E-state index is -1.06. The zero-order valence-corrected chi connectivity index (χ0v) is 11.2. The van der Waals surface area contributed by atoms with Crippen LogP contribution in [0.15, 0.2) is 24.3 Å². The zero-order valence-electron chi connectivity index (χ0n) is 11.2.